The molecule has 10 heteroatoms. The number of amides is 2. The number of ether oxygens (including phenoxy) is 2. The summed E-state index contributed by atoms with van der Waals surface area (Å²) < 4.78 is 10.2. The van der Waals surface area contributed by atoms with Gasteiger partial charge >= 0.3 is 12.1 Å². The normalized spacial score (nSPS) is 17.1. The zero-order valence-electron chi connectivity index (χ0n) is 18.4. The molecule has 1 aliphatic rings. The summed E-state index contributed by atoms with van der Waals surface area (Å²) in [5.74, 6) is -1.30. The second kappa shape index (κ2) is 11.5. The van der Waals surface area contributed by atoms with Gasteiger partial charge < -0.3 is 14.8 Å². The van der Waals surface area contributed by atoms with E-state index in [0.29, 0.717) is 16.6 Å². The minimum atomic E-state index is -0.856. The van der Waals surface area contributed by atoms with Crippen LogP contribution in [0.2, 0.25) is 0 Å². The van der Waals surface area contributed by atoms with Gasteiger partial charge in [-0.15, -0.1) is 12.6 Å². The van der Waals surface area contributed by atoms with Gasteiger partial charge in [0.05, 0.1) is 11.2 Å². The third kappa shape index (κ3) is 6.02. The molecule has 2 atom stereocenters. The van der Waals surface area contributed by atoms with Crippen LogP contribution in [0, 0.1) is 5.92 Å². The lowest BCUT2D eigenvalue weighted by molar-refractivity contribution is -0.120. The van der Waals surface area contributed by atoms with Crippen LogP contribution in [0.5, 0.6) is 0 Å². The zero-order chi connectivity index (χ0) is 24.7. The van der Waals surface area contributed by atoms with Crippen molar-refractivity contribution in [3.8, 4) is 0 Å². The fourth-order valence-corrected chi connectivity index (χ4v) is 4.03. The van der Waals surface area contributed by atoms with Gasteiger partial charge in [0.15, 0.2) is 5.12 Å². The van der Waals surface area contributed by atoms with E-state index in [4.69, 9.17) is 9.47 Å². The van der Waals surface area contributed by atoms with E-state index in [2.05, 4.69) is 36.1 Å². The maximum Gasteiger partial charge on any atom is 0.410 e. The van der Waals surface area contributed by atoms with Crippen molar-refractivity contribution in [1.29, 1.82) is 0 Å². The Morgan fingerprint density at radius 3 is 2.56 bits per heavy atom. The van der Waals surface area contributed by atoms with Crippen molar-refractivity contribution in [3.05, 3.63) is 61.3 Å². The van der Waals surface area contributed by atoms with Crippen LogP contribution in [-0.2, 0) is 19.1 Å². The molecule has 0 bridgehead atoms. The Balaban J connectivity index is 1.85. The highest BCUT2D eigenvalue weighted by molar-refractivity contribution is 7.96. The minimum absolute atomic E-state index is 0.00217. The van der Waals surface area contributed by atoms with Crippen molar-refractivity contribution < 1.29 is 28.7 Å². The van der Waals surface area contributed by atoms with Crippen LogP contribution >= 0.6 is 12.6 Å². The van der Waals surface area contributed by atoms with E-state index in [0.717, 1.165) is 0 Å². The summed E-state index contributed by atoms with van der Waals surface area (Å²) in [7, 11) is 0. The van der Waals surface area contributed by atoms with E-state index in [1.807, 2.05) is 0 Å². The van der Waals surface area contributed by atoms with Gasteiger partial charge in [-0.2, -0.15) is 0 Å². The first kappa shape index (κ1) is 25.0. The van der Waals surface area contributed by atoms with E-state index in [1.165, 1.54) is 23.1 Å². The molecule has 0 spiro atoms. The molecule has 1 aromatic heterocycles. The van der Waals surface area contributed by atoms with Gasteiger partial charge in [-0.05, 0) is 24.5 Å². The third-order valence-electron chi connectivity index (χ3n) is 5.23. The number of pyridine rings is 1. The number of benzene rings is 1. The average Bonchev–Trinajstić information content (AvgIpc) is 3.24. The molecule has 0 aliphatic carbocycles. The van der Waals surface area contributed by atoms with Gasteiger partial charge in [0.1, 0.15) is 24.9 Å². The molecule has 2 heterocycles. The van der Waals surface area contributed by atoms with E-state index in [9.17, 15) is 19.2 Å². The zero-order valence-corrected chi connectivity index (χ0v) is 19.3. The van der Waals surface area contributed by atoms with Crippen LogP contribution in [0.1, 0.15) is 23.3 Å². The lowest BCUT2D eigenvalue weighted by Gasteiger charge is -2.23. The predicted octanol–water partition coefficient (Wildman–Crippen LogP) is 3.38. The highest BCUT2D eigenvalue weighted by atomic mass is 32.1. The molecule has 178 valence electrons. The summed E-state index contributed by atoms with van der Waals surface area (Å²) >= 11 is 3.82. The standard InChI is InChI=1S/C24H25N3O6S/c1-3-10-32-23(30)18-9-8-16-6-5-7-17(21(16)25-18)26-22(29)19-12-15(13-20(28)34)14-27(19)24(31)33-11-4-2/h3-9,15,19H,1-2,10-14H2,(H,26,29)(H,28,34)/t15-,19-/m0/s1. The van der Waals surface area contributed by atoms with Gasteiger partial charge in [0.25, 0.3) is 0 Å². The summed E-state index contributed by atoms with van der Waals surface area (Å²) in [4.78, 5) is 55.1. The number of para-hydroxylation sites is 1. The number of thiol groups is 1. The van der Waals surface area contributed by atoms with E-state index < -0.39 is 24.0 Å². The Kier molecular flexibility index (Phi) is 8.42. The number of likely N-dealkylation sites (tertiary alicyclic amines) is 1. The summed E-state index contributed by atoms with van der Waals surface area (Å²) in [6.07, 6.45) is 2.62. The van der Waals surface area contributed by atoms with Crippen LogP contribution in [0.3, 0.4) is 0 Å². The molecule has 1 aromatic carbocycles. The predicted molar refractivity (Wildman–Crippen MR) is 130 cm³/mol. The highest BCUT2D eigenvalue weighted by Gasteiger charge is 2.41. The molecule has 0 saturated carbocycles. The van der Waals surface area contributed by atoms with E-state index >= 15 is 0 Å². The molecule has 34 heavy (non-hydrogen) atoms. The highest BCUT2D eigenvalue weighted by Crippen LogP contribution is 2.29. The minimum Gasteiger partial charge on any atom is -0.457 e. The maximum atomic E-state index is 13.2. The number of esters is 1. The first-order chi connectivity index (χ1) is 16.3. The second-order valence-electron chi connectivity index (χ2n) is 7.68. The van der Waals surface area contributed by atoms with Gasteiger partial charge in [0.2, 0.25) is 5.91 Å². The largest absolute Gasteiger partial charge is 0.457 e. The molecule has 2 aromatic rings. The Morgan fingerprint density at radius 2 is 1.85 bits per heavy atom. The third-order valence-corrected chi connectivity index (χ3v) is 5.41. The average molecular weight is 484 g/mol. The van der Waals surface area contributed by atoms with Crippen molar-refractivity contribution in [1.82, 2.24) is 9.88 Å². The van der Waals surface area contributed by atoms with Crippen molar-refractivity contribution in [2.24, 2.45) is 5.92 Å². The molecule has 0 radical (unpaired) electrons. The Bertz CT molecular complexity index is 1130. The van der Waals surface area contributed by atoms with Crippen LogP contribution in [0.15, 0.2) is 55.6 Å². The number of hydrogen-bond donors (Lipinski definition) is 2. The number of carbonyl (C=O) groups is 4. The van der Waals surface area contributed by atoms with Crippen LogP contribution in [0.25, 0.3) is 10.9 Å². The first-order valence-corrected chi connectivity index (χ1v) is 11.0. The molecule has 1 aliphatic heterocycles. The van der Waals surface area contributed by atoms with Gasteiger partial charge in [-0.25, -0.2) is 14.6 Å². The number of anilines is 1. The van der Waals surface area contributed by atoms with Crippen LogP contribution < -0.4 is 5.32 Å². The number of fused-ring (bicyclic) bond motifs is 1. The Morgan fingerprint density at radius 1 is 1.12 bits per heavy atom. The second-order valence-corrected chi connectivity index (χ2v) is 8.18. The fourth-order valence-electron chi connectivity index (χ4n) is 3.77. The van der Waals surface area contributed by atoms with Crippen molar-refractivity contribution in [2.75, 3.05) is 25.1 Å². The topological polar surface area (TPSA) is 115 Å². The van der Waals surface area contributed by atoms with Gasteiger partial charge in [-0.1, -0.05) is 43.5 Å². The quantitative estimate of drug-likeness (QED) is 0.319. The molecule has 0 unspecified atom stereocenters. The van der Waals surface area contributed by atoms with Gasteiger partial charge in [-0.3, -0.25) is 14.5 Å². The summed E-state index contributed by atoms with van der Waals surface area (Å²) in [6, 6.07) is 7.56. The molecular weight excluding hydrogens is 458 g/mol. The molecular formula is C24H25N3O6S. The van der Waals surface area contributed by atoms with Crippen molar-refractivity contribution in [3.63, 3.8) is 0 Å². The van der Waals surface area contributed by atoms with Gasteiger partial charge in [0, 0.05) is 18.4 Å². The molecule has 1 saturated heterocycles. The number of nitrogens with one attached hydrogen (secondary N) is 1. The molecule has 1 N–H and O–H groups in total. The maximum absolute atomic E-state index is 13.2. The molecule has 9 nitrogen and oxygen atoms in total. The lowest BCUT2D eigenvalue weighted by atomic mass is 10.0. The van der Waals surface area contributed by atoms with E-state index in [-0.39, 0.29) is 49.3 Å². The summed E-state index contributed by atoms with van der Waals surface area (Å²) in [5, 5.41) is 3.19. The van der Waals surface area contributed by atoms with Crippen LogP contribution in [-0.4, -0.2) is 58.8 Å². The van der Waals surface area contributed by atoms with Crippen LogP contribution in [0.4, 0.5) is 10.5 Å². The summed E-state index contributed by atoms with van der Waals surface area (Å²) in [5.41, 5.74) is 0.845. The van der Waals surface area contributed by atoms with Crippen molar-refractivity contribution in [2.45, 2.75) is 18.9 Å². The molecule has 2 amide bonds. The number of rotatable bonds is 9. The first-order valence-electron chi connectivity index (χ1n) is 10.6. The number of aromatic nitrogens is 1. The lowest BCUT2D eigenvalue weighted by Crippen LogP contribution is -2.43. The summed E-state index contributed by atoms with van der Waals surface area (Å²) in [6.45, 7) is 7.25. The fraction of sp³-hybridized carbons (Fsp3) is 0.292. The number of carbonyl (C=O) groups excluding carboxylic acids is 4. The Labute approximate surface area is 202 Å². The van der Waals surface area contributed by atoms with Crippen molar-refractivity contribution >= 4 is 52.3 Å². The number of nitrogens with zero attached hydrogens (tertiary/aromatic N) is 2. The smallest absolute Gasteiger partial charge is 0.410 e. The molecule has 1 fully saturated rings. The monoisotopic (exact) mass is 483 g/mol. The van der Waals surface area contributed by atoms with E-state index in [1.54, 1.807) is 24.3 Å². The molecule has 3 rings (SSSR count). The Hall–Kier alpha value is -3.66. The SMILES string of the molecule is C=CCOC(=O)c1ccc2cccc(NC(=O)[C@@H]3C[C@@H](CC(=O)S)CN3C(=O)OCC=C)c2n1. The number of hydrogen-bond acceptors (Lipinski definition) is 7.